The van der Waals surface area contributed by atoms with Gasteiger partial charge in [-0.25, -0.2) is 14.6 Å². The molecule has 1 aliphatic heterocycles. The largest absolute Gasteiger partial charge is 0.493 e. The Bertz CT molecular complexity index is 1460. The first-order chi connectivity index (χ1) is 18.3. The molecule has 0 radical (unpaired) electrons. The van der Waals surface area contributed by atoms with Crippen molar-refractivity contribution in [3.8, 4) is 23.0 Å². The molecule has 8 nitrogen and oxygen atoms in total. The predicted molar refractivity (Wildman–Crippen MR) is 150 cm³/mol. The first-order valence-electron chi connectivity index (χ1n) is 11.1. The monoisotopic (exact) mass is 641 g/mol. The SMILES string of the molecule is COc1cc(C2=N/C(=C\c3cc(Br)cc(Br)c3OC(=O)/C=C/c3ccccc3)C(=O)O2)cc(OC)c1OC. The van der Waals surface area contributed by atoms with Gasteiger partial charge in [-0.1, -0.05) is 46.3 Å². The minimum Gasteiger partial charge on any atom is -0.493 e. The Morgan fingerprint density at radius 2 is 1.61 bits per heavy atom. The van der Waals surface area contributed by atoms with Crippen LogP contribution in [0, 0.1) is 0 Å². The number of aliphatic imine (C=N–C) groups is 1. The summed E-state index contributed by atoms with van der Waals surface area (Å²) in [5, 5.41) is 0. The first kappa shape index (κ1) is 27.2. The van der Waals surface area contributed by atoms with Crippen LogP contribution in [0.15, 0.2) is 80.3 Å². The second kappa shape index (κ2) is 12.1. The summed E-state index contributed by atoms with van der Waals surface area (Å²) in [4.78, 5) is 29.7. The molecule has 0 saturated carbocycles. The van der Waals surface area contributed by atoms with Gasteiger partial charge < -0.3 is 23.7 Å². The number of esters is 2. The molecule has 194 valence electrons. The lowest BCUT2D eigenvalue weighted by atomic mass is 10.1. The molecule has 3 aromatic rings. The van der Waals surface area contributed by atoms with Gasteiger partial charge in [0.05, 0.1) is 25.8 Å². The zero-order chi connectivity index (χ0) is 27.2. The topological polar surface area (TPSA) is 92.7 Å². The number of ether oxygens (including phenoxy) is 5. The number of rotatable bonds is 8. The van der Waals surface area contributed by atoms with Crippen molar-refractivity contribution in [1.29, 1.82) is 0 Å². The number of hydrogen-bond acceptors (Lipinski definition) is 8. The summed E-state index contributed by atoms with van der Waals surface area (Å²) in [6.07, 6.45) is 4.45. The van der Waals surface area contributed by atoms with Crippen LogP contribution in [0.25, 0.3) is 12.2 Å². The smallest absolute Gasteiger partial charge is 0.363 e. The summed E-state index contributed by atoms with van der Waals surface area (Å²) < 4.78 is 28.3. The molecule has 10 heteroatoms. The summed E-state index contributed by atoms with van der Waals surface area (Å²) in [5.41, 5.74) is 1.74. The van der Waals surface area contributed by atoms with Crippen LogP contribution in [0.2, 0.25) is 0 Å². The van der Waals surface area contributed by atoms with E-state index in [1.807, 2.05) is 30.3 Å². The van der Waals surface area contributed by atoms with Crippen molar-refractivity contribution in [3.63, 3.8) is 0 Å². The van der Waals surface area contributed by atoms with Gasteiger partial charge >= 0.3 is 11.9 Å². The van der Waals surface area contributed by atoms with Gasteiger partial charge in [-0.2, -0.15) is 0 Å². The minimum atomic E-state index is -0.675. The molecule has 1 heterocycles. The summed E-state index contributed by atoms with van der Waals surface area (Å²) in [5.74, 6) is 0.161. The van der Waals surface area contributed by atoms with E-state index in [1.165, 1.54) is 33.5 Å². The standard InChI is InChI=1S/C28H21Br2NO7/c1-34-22-13-18(14-23(35-2)26(22)36-3)27-31-21(28(33)38-27)12-17-11-19(29)15-20(30)25(17)37-24(32)10-9-16-7-5-4-6-8-16/h4-15H,1-3H3/b10-9+,21-12-. The van der Waals surface area contributed by atoms with Crippen LogP contribution in [0.4, 0.5) is 0 Å². The van der Waals surface area contributed by atoms with Crippen LogP contribution in [0.1, 0.15) is 16.7 Å². The van der Waals surface area contributed by atoms with E-state index in [0.29, 0.717) is 37.3 Å². The zero-order valence-electron chi connectivity index (χ0n) is 20.5. The molecule has 0 amide bonds. The van der Waals surface area contributed by atoms with Crippen LogP contribution in [-0.2, 0) is 14.3 Å². The number of methoxy groups -OCH3 is 3. The van der Waals surface area contributed by atoms with Gasteiger partial charge in [0, 0.05) is 21.7 Å². The molecule has 0 aromatic heterocycles. The molecule has 0 atom stereocenters. The first-order valence-corrected chi connectivity index (χ1v) is 12.7. The zero-order valence-corrected chi connectivity index (χ0v) is 23.7. The molecule has 0 fully saturated rings. The molecule has 0 bridgehead atoms. The van der Waals surface area contributed by atoms with Gasteiger partial charge in [0.15, 0.2) is 22.9 Å². The fourth-order valence-corrected chi connectivity index (χ4v) is 4.88. The normalized spacial score (nSPS) is 13.9. The molecule has 3 aromatic carbocycles. The van der Waals surface area contributed by atoms with Crippen molar-refractivity contribution in [1.82, 2.24) is 0 Å². The van der Waals surface area contributed by atoms with Crippen molar-refractivity contribution < 1.29 is 33.3 Å². The summed E-state index contributed by atoms with van der Waals surface area (Å²) in [6, 6.07) is 16.0. The second-order valence-corrected chi connectivity index (χ2v) is 9.49. The van der Waals surface area contributed by atoms with E-state index in [9.17, 15) is 9.59 Å². The van der Waals surface area contributed by atoms with E-state index in [1.54, 1.807) is 30.3 Å². The number of carbonyl (C=O) groups excluding carboxylic acids is 2. The van der Waals surface area contributed by atoms with Gasteiger partial charge in [0.2, 0.25) is 11.6 Å². The molecule has 0 aliphatic carbocycles. The molecule has 1 aliphatic rings. The summed E-state index contributed by atoms with van der Waals surface area (Å²) >= 11 is 6.86. The van der Waals surface area contributed by atoms with Crippen molar-refractivity contribution in [2.75, 3.05) is 21.3 Å². The van der Waals surface area contributed by atoms with Crippen LogP contribution >= 0.6 is 31.9 Å². The van der Waals surface area contributed by atoms with Crippen molar-refractivity contribution in [2.24, 2.45) is 4.99 Å². The van der Waals surface area contributed by atoms with E-state index < -0.39 is 11.9 Å². The lowest BCUT2D eigenvalue weighted by Gasteiger charge is -2.13. The average molecular weight is 643 g/mol. The molecule has 0 saturated heterocycles. The van der Waals surface area contributed by atoms with E-state index in [4.69, 9.17) is 23.7 Å². The molecule has 38 heavy (non-hydrogen) atoms. The average Bonchev–Trinajstić information content (AvgIpc) is 3.28. The Kier molecular flexibility index (Phi) is 8.65. The third-order valence-electron chi connectivity index (χ3n) is 5.28. The molecule has 0 spiro atoms. The van der Waals surface area contributed by atoms with Gasteiger partial charge in [0.1, 0.15) is 0 Å². The number of cyclic esters (lactones) is 1. The number of hydrogen-bond donors (Lipinski definition) is 0. The van der Waals surface area contributed by atoms with Crippen LogP contribution < -0.4 is 18.9 Å². The van der Waals surface area contributed by atoms with Crippen LogP contribution in [0.5, 0.6) is 23.0 Å². The Morgan fingerprint density at radius 1 is 0.921 bits per heavy atom. The second-order valence-electron chi connectivity index (χ2n) is 7.72. The van der Waals surface area contributed by atoms with Gasteiger partial charge in [0.25, 0.3) is 0 Å². The molecular weight excluding hydrogens is 622 g/mol. The maximum atomic E-state index is 12.7. The third-order valence-corrected chi connectivity index (χ3v) is 6.32. The van der Waals surface area contributed by atoms with Crippen molar-refractivity contribution in [2.45, 2.75) is 0 Å². The Morgan fingerprint density at radius 3 is 2.24 bits per heavy atom. The lowest BCUT2D eigenvalue weighted by Crippen LogP contribution is -2.07. The van der Waals surface area contributed by atoms with Crippen molar-refractivity contribution >= 4 is 61.8 Å². The van der Waals surface area contributed by atoms with Gasteiger partial charge in [-0.15, -0.1) is 0 Å². The summed E-state index contributed by atoms with van der Waals surface area (Å²) in [6.45, 7) is 0. The van der Waals surface area contributed by atoms with Crippen LogP contribution in [-0.4, -0.2) is 39.2 Å². The number of benzene rings is 3. The Balaban J connectivity index is 1.67. The third kappa shape index (κ3) is 6.15. The fraction of sp³-hybridized carbons (Fsp3) is 0.107. The van der Waals surface area contributed by atoms with E-state index in [-0.39, 0.29) is 17.3 Å². The number of halogens is 2. The Hall–Kier alpha value is -3.89. The molecular formula is C28H21Br2NO7. The highest BCUT2D eigenvalue weighted by Crippen LogP contribution is 2.39. The minimum absolute atomic E-state index is 0.0101. The maximum Gasteiger partial charge on any atom is 0.363 e. The quantitative estimate of drug-likeness (QED) is 0.164. The van der Waals surface area contributed by atoms with E-state index in [2.05, 4.69) is 36.9 Å². The fourth-order valence-electron chi connectivity index (χ4n) is 3.54. The predicted octanol–water partition coefficient (Wildman–Crippen LogP) is 6.20. The summed E-state index contributed by atoms with van der Waals surface area (Å²) in [7, 11) is 4.46. The van der Waals surface area contributed by atoms with E-state index in [0.717, 1.165) is 5.56 Å². The maximum absolute atomic E-state index is 12.7. The van der Waals surface area contributed by atoms with Crippen LogP contribution in [0.3, 0.4) is 0 Å². The molecule has 4 rings (SSSR count). The Labute approximate surface area is 235 Å². The van der Waals surface area contributed by atoms with Gasteiger partial charge in [-0.05, 0) is 57.9 Å². The van der Waals surface area contributed by atoms with Crippen molar-refractivity contribution in [3.05, 3.63) is 92.0 Å². The molecule has 0 N–H and O–H groups in total. The highest BCUT2D eigenvalue weighted by molar-refractivity contribution is 9.11. The highest BCUT2D eigenvalue weighted by Gasteiger charge is 2.27. The highest BCUT2D eigenvalue weighted by atomic mass is 79.9. The lowest BCUT2D eigenvalue weighted by molar-refractivity contribution is -0.130. The number of nitrogens with zero attached hydrogens (tertiary/aromatic N) is 1. The number of carbonyl (C=O) groups is 2. The van der Waals surface area contributed by atoms with Gasteiger partial charge in [-0.3, -0.25) is 0 Å². The van der Waals surface area contributed by atoms with E-state index >= 15 is 0 Å². The molecule has 0 unspecified atom stereocenters.